The molecule has 0 aliphatic carbocycles. The van der Waals surface area contributed by atoms with Gasteiger partial charge in [-0.1, -0.05) is 71.7 Å². The van der Waals surface area contributed by atoms with E-state index >= 15 is 0 Å². The third-order valence-corrected chi connectivity index (χ3v) is 5.24. The summed E-state index contributed by atoms with van der Waals surface area (Å²) in [6, 6.07) is 17.6. The molecule has 2 aromatic carbocycles. The highest BCUT2D eigenvalue weighted by Crippen LogP contribution is 2.17. The van der Waals surface area contributed by atoms with Gasteiger partial charge in [-0.3, -0.25) is 14.6 Å². The van der Waals surface area contributed by atoms with E-state index in [0.29, 0.717) is 11.6 Å². The molecule has 3 rings (SSSR count). The van der Waals surface area contributed by atoms with Crippen LogP contribution in [0.2, 0.25) is 5.02 Å². The van der Waals surface area contributed by atoms with E-state index < -0.39 is 0 Å². The van der Waals surface area contributed by atoms with Gasteiger partial charge in [-0.2, -0.15) is 5.10 Å². The molecule has 0 radical (unpaired) electrons. The Morgan fingerprint density at radius 1 is 1.00 bits per heavy atom. The van der Waals surface area contributed by atoms with Crippen molar-refractivity contribution in [1.29, 1.82) is 0 Å². The van der Waals surface area contributed by atoms with Crippen molar-refractivity contribution in [2.45, 2.75) is 6.54 Å². The highest BCUT2D eigenvalue weighted by atomic mass is 35.5. The van der Waals surface area contributed by atoms with Gasteiger partial charge in [-0.05, 0) is 23.3 Å². The minimum atomic E-state index is -0.148. The first-order chi connectivity index (χ1) is 14.1. The maximum atomic E-state index is 12.1. The number of nitrogens with zero attached hydrogens (tertiary/aromatic N) is 3. The summed E-state index contributed by atoms with van der Waals surface area (Å²) in [5.74, 6) is -0.148. The SMILES string of the molecule is O=C(CN1CCN(Cc2ccccc2Cl)CC1)N/N=C/C(Cl)=C\c1ccccc1. The number of nitrogens with one attached hydrogen (secondary N) is 1. The lowest BCUT2D eigenvalue weighted by molar-refractivity contribution is -0.122. The third kappa shape index (κ3) is 7.29. The Kier molecular flexibility index (Phi) is 8.25. The lowest BCUT2D eigenvalue weighted by Crippen LogP contribution is -2.48. The van der Waals surface area contributed by atoms with Crippen LogP contribution >= 0.6 is 23.2 Å². The second-order valence-electron chi connectivity index (χ2n) is 6.88. The van der Waals surface area contributed by atoms with Crippen LogP contribution in [0.25, 0.3) is 6.08 Å². The Bertz CT molecular complexity index is 862. The molecule has 1 aliphatic heterocycles. The molecule has 152 valence electrons. The fraction of sp³-hybridized carbons (Fsp3) is 0.273. The monoisotopic (exact) mass is 430 g/mol. The molecular weight excluding hydrogens is 407 g/mol. The van der Waals surface area contributed by atoms with E-state index in [1.807, 2.05) is 48.5 Å². The van der Waals surface area contributed by atoms with Gasteiger partial charge in [0.25, 0.3) is 5.91 Å². The summed E-state index contributed by atoms with van der Waals surface area (Å²) in [5, 5.41) is 5.18. The molecular formula is C22H24Cl2N4O. The summed E-state index contributed by atoms with van der Waals surface area (Å²) < 4.78 is 0. The first-order valence-corrected chi connectivity index (χ1v) is 10.3. The molecule has 0 atom stereocenters. The van der Waals surface area contributed by atoms with Crippen LogP contribution in [-0.4, -0.2) is 54.6 Å². The molecule has 5 nitrogen and oxygen atoms in total. The summed E-state index contributed by atoms with van der Waals surface area (Å²) in [7, 11) is 0. The van der Waals surface area contributed by atoms with Crippen LogP contribution in [0.3, 0.4) is 0 Å². The Morgan fingerprint density at radius 2 is 1.66 bits per heavy atom. The van der Waals surface area contributed by atoms with Crippen molar-refractivity contribution < 1.29 is 4.79 Å². The van der Waals surface area contributed by atoms with E-state index in [9.17, 15) is 4.79 Å². The Morgan fingerprint density at radius 3 is 2.38 bits per heavy atom. The lowest BCUT2D eigenvalue weighted by Gasteiger charge is -2.34. The number of hydrogen-bond donors (Lipinski definition) is 1. The quantitative estimate of drug-likeness (QED) is 0.536. The number of piperazine rings is 1. The van der Waals surface area contributed by atoms with Crippen molar-refractivity contribution in [3.63, 3.8) is 0 Å². The van der Waals surface area contributed by atoms with Crippen LogP contribution in [0.15, 0.2) is 64.7 Å². The average Bonchev–Trinajstić information content (AvgIpc) is 2.72. The molecule has 1 heterocycles. The van der Waals surface area contributed by atoms with Gasteiger partial charge in [0.1, 0.15) is 0 Å². The number of carbonyl (C=O) groups excluding carboxylic acids is 1. The molecule has 1 N–H and O–H groups in total. The molecule has 1 fully saturated rings. The normalized spacial score (nSPS) is 16.3. The van der Waals surface area contributed by atoms with E-state index in [1.54, 1.807) is 6.08 Å². The Balaban J connectivity index is 1.38. The maximum Gasteiger partial charge on any atom is 0.254 e. The van der Waals surface area contributed by atoms with Gasteiger partial charge < -0.3 is 0 Å². The van der Waals surface area contributed by atoms with Crippen molar-refractivity contribution in [3.05, 3.63) is 75.8 Å². The highest BCUT2D eigenvalue weighted by Gasteiger charge is 2.19. The van der Waals surface area contributed by atoms with Gasteiger partial charge in [0, 0.05) is 37.7 Å². The second kappa shape index (κ2) is 11.1. The summed E-state index contributed by atoms with van der Waals surface area (Å²) >= 11 is 12.4. The minimum Gasteiger partial charge on any atom is -0.296 e. The molecule has 0 aromatic heterocycles. The van der Waals surface area contributed by atoms with Crippen LogP contribution in [0.1, 0.15) is 11.1 Å². The predicted molar refractivity (Wildman–Crippen MR) is 120 cm³/mol. The zero-order valence-electron chi connectivity index (χ0n) is 16.1. The zero-order chi connectivity index (χ0) is 20.5. The number of amides is 1. The number of halogens is 2. The number of rotatable bonds is 7. The summed E-state index contributed by atoms with van der Waals surface area (Å²) in [6.45, 7) is 4.60. The van der Waals surface area contributed by atoms with Crippen LogP contribution in [0.5, 0.6) is 0 Å². The molecule has 2 aromatic rings. The summed E-state index contributed by atoms with van der Waals surface area (Å²) in [6.07, 6.45) is 3.23. The van der Waals surface area contributed by atoms with Gasteiger partial charge in [-0.25, -0.2) is 5.43 Å². The summed E-state index contributed by atoms with van der Waals surface area (Å²) in [5.41, 5.74) is 4.65. The van der Waals surface area contributed by atoms with Crippen LogP contribution in [-0.2, 0) is 11.3 Å². The molecule has 1 aliphatic rings. The van der Waals surface area contributed by atoms with Gasteiger partial charge in [-0.15, -0.1) is 0 Å². The van der Waals surface area contributed by atoms with Gasteiger partial charge in [0.2, 0.25) is 0 Å². The zero-order valence-corrected chi connectivity index (χ0v) is 17.6. The topological polar surface area (TPSA) is 47.9 Å². The number of hydrogen-bond acceptors (Lipinski definition) is 4. The van der Waals surface area contributed by atoms with Gasteiger partial charge in [0.05, 0.1) is 17.8 Å². The van der Waals surface area contributed by atoms with E-state index in [4.69, 9.17) is 23.2 Å². The predicted octanol–water partition coefficient (Wildman–Crippen LogP) is 3.84. The third-order valence-electron chi connectivity index (χ3n) is 4.67. The van der Waals surface area contributed by atoms with Crippen molar-refractivity contribution in [1.82, 2.24) is 15.2 Å². The highest BCUT2D eigenvalue weighted by molar-refractivity contribution is 6.41. The smallest absolute Gasteiger partial charge is 0.254 e. The lowest BCUT2D eigenvalue weighted by atomic mass is 10.2. The van der Waals surface area contributed by atoms with Crippen molar-refractivity contribution in [3.8, 4) is 0 Å². The standard InChI is InChI=1S/C22H24Cl2N4O/c23-20(14-18-6-2-1-3-7-18)15-25-26-22(29)17-28-12-10-27(11-13-28)16-19-8-4-5-9-21(19)24/h1-9,14-15H,10-13,16-17H2,(H,26,29)/b20-14+,25-15+. The molecule has 29 heavy (non-hydrogen) atoms. The maximum absolute atomic E-state index is 12.1. The van der Waals surface area contributed by atoms with E-state index in [2.05, 4.69) is 26.4 Å². The fourth-order valence-electron chi connectivity index (χ4n) is 3.12. The Labute approximate surface area is 181 Å². The van der Waals surface area contributed by atoms with E-state index in [-0.39, 0.29) is 5.91 Å². The number of benzene rings is 2. The van der Waals surface area contributed by atoms with Crippen molar-refractivity contribution in [2.24, 2.45) is 5.10 Å². The van der Waals surface area contributed by atoms with Crippen molar-refractivity contribution >= 4 is 41.4 Å². The fourth-order valence-corrected chi connectivity index (χ4v) is 3.49. The van der Waals surface area contributed by atoms with Crippen molar-refractivity contribution in [2.75, 3.05) is 32.7 Å². The average molecular weight is 431 g/mol. The Hall–Kier alpha value is -2.18. The van der Waals surface area contributed by atoms with Crippen LogP contribution in [0.4, 0.5) is 0 Å². The van der Waals surface area contributed by atoms with Crippen LogP contribution in [0, 0.1) is 0 Å². The largest absolute Gasteiger partial charge is 0.296 e. The number of hydrazone groups is 1. The first-order valence-electron chi connectivity index (χ1n) is 9.52. The van der Waals surface area contributed by atoms with E-state index in [0.717, 1.165) is 48.9 Å². The minimum absolute atomic E-state index is 0.148. The van der Waals surface area contributed by atoms with Gasteiger partial charge >= 0.3 is 0 Å². The molecule has 0 spiro atoms. The van der Waals surface area contributed by atoms with Gasteiger partial charge in [0.15, 0.2) is 0 Å². The molecule has 0 unspecified atom stereocenters. The van der Waals surface area contributed by atoms with E-state index in [1.165, 1.54) is 6.21 Å². The summed E-state index contributed by atoms with van der Waals surface area (Å²) in [4.78, 5) is 16.6. The number of carbonyl (C=O) groups is 1. The molecule has 0 bridgehead atoms. The molecule has 7 heteroatoms. The molecule has 0 saturated carbocycles. The first kappa shape index (κ1) is 21.5. The number of allylic oxidation sites excluding steroid dienone is 1. The molecule has 1 amide bonds. The molecule has 1 saturated heterocycles. The second-order valence-corrected chi connectivity index (χ2v) is 7.72. The van der Waals surface area contributed by atoms with Crippen LogP contribution < -0.4 is 5.43 Å².